The number of ether oxygens (including phenoxy) is 1. The standard InChI is InChI=1S/C10H11NO/c1-12-10-3-2-9-7-11-5-4-8(9)6-10/h2-9H,1H3. The Bertz CT molecular complexity index is 286. The van der Waals surface area contributed by atoms with Crippen molar-refractivity contribution in [2.24, 2.45) is 16.8 Å². The molecule has 2 unspecified atom stereocenters. The summed E-state index contributed by atoms with van der Waals surface area (Å²) in [7, 11) is 1.69. The highest BCUT2D eigenvalue weighted by molar-refractivity contribution is 5.67. The van der Waals surface area contributed by atoms with Crippen molar-refractivity contribution in [2.75, 3.05) is 7.11 Å². The molecular weight excluding hydrogens is 150 g/mol. The minimum absolute atomic E-state index is 0.425. The van der Waals surface area contributed by atoms with Gasteiger partial charge in [0.2, 0.25) is 0 Å². The molecule has 1 aliphatic heterocycles. The quantitative estimate of drug-likeness (QED) is 0.575. The number of aliphatic imine (C=N–C) groups is 1. The summed E-state index contributed by atoms with van der Waals surface area (Å²) in [6.07, 6.45) is 12.1. The minimum Gasteiger partial charge on any atom is -0.497 e. The van der Waals surface area contributed by atoms with E-state index in [9.17, 15) is 0 Å². The fourth-order valence-corrected chi connectivity index (χ4v) is 1.46. The molecule has 0 saturated carbocycles. The van der Waals surface area contributed by atoms with Gasteiger partial charge in [-0.25, -0.2) is 0 Å². The van der Waals surface area contributed by atoms with Crippen LogP contribution in [-0.2, 0) is 4.74 Å². The lowest BCUT2D eigenvalue weighted by Crippen LogP contribution is -2.15. The van der Waals surface area contributed by atoms with E-state index in [1.807, 2.05) is 18.5 Å². The van der Waals surface area contributed by atoms with Crippen LogP contribution in [0.25, 0.3) is 0 Å². The first kappa shape index (κ1) is 7.35. The molecule has 12 heavy (non-hydrogen) atoms. The average molecular weight is 161 g/mol. The van der Waals surface area contributed by atoms with Gasteiger partial charge in [-0.3, -0.25) is 4.99 Å². The van der Waals surface area contributed by atoms with Gasteiger partial charge in [-0.2, -0.15) is 0 Å². The fraction of sp³-hybridized carbons (Fsp3) is 0.300. The summed E-state index contributed by atoms with van der Waals surface area (Å²) in [6, 6.07) is 0. The van der Waals surface area contributed by atoms with Crippen molar-refractivity contribution < 1.29 is 4.74 Å². The first-order valence-corrected chi connectivity index (χ1v) is 4.04. The molecule has 2 rings (SSSR count). The van der Waals surface area contributed by atoms with Gasteiger partial charge in [-0.15, -0.1) is 0 Å². The molecule has 1 aliphatic carbocycles. The van der Waals surface area contributed by atoms with Crippen molar-refractivity contribution in [3.05, 3.63) is 36.3 Å². The molecule has 0 saturated heterocycles. The Hall–Kier alpha value is -1.31. The summed E-state index contributed by atoms with van der Waals surface area (Å²) in [5, 5.41) is 0. The van der Waals surface area contributed by atoms with Crippen LogP contribution < -0.4 is 0 Å². The molecule has 0 aromatic heterocycles. The lowest BCUT2D eigenvalue weighted by Gasteiger charge is -2.21. The normalized spacial score (nSPS) is 31.2. The van der Waals surface area contributed by atoms with E-state index < -0.39 is 0 Å². The molecule has 62 valence electrons. The zero-order chi connectivity index (χ0) is 8.39. The average Bonchev–Trinajstić information content (AvgIpc) is 2.17. The Morgan fingerprint density at radius 2 is 2.25 bits per heavy atom. The third-order valence-corrected chi connectivity index (χ3v) is 2.17. The van der Waals surface area contributed by atoms with Gasteiger partial charge < -0.3 is 4.74 Å². The summed E-state index contributed by atoms with van der Waals surface area (Å²) < 4.78 is 5.14. The molecule has 0 spiro atoms. The lowest BCUT2D eigenvalue weighted by molar-refractivity contribution is 0.300. The van der Waals surface area contributed by atoms with E-state index >= 15 is 0 Å². The predicted octanol–water partition coefficient (Wildman–Crippen LogP) is 1.92. The second kappa shape index (κ2) is 2.97. The number of nitrogens with zero attached hydrogens (tertiary/aromatic N) is 1. The SMILES string of the molecule is COC1=CC2C=CN=CC2C=C1. The Morgan fingerprint density at radius 3 is 3.08 bits per heavy atom. The topological polar surface area (TPSA) is 21.6 Å². The Balaban J connectivity index is 2.22. The largest absolute Gasteiger partial charge is 0.497 e. The van der Waals surface area contributed by atoms with Crippen LogP contribution in [0.15, 0.2) is 41.3 Å². The number of fused-ring (bicyclic) bond motifs is 1. The van der Waals surface area contributed by atoms with Gasteiger partial charge >= 0.3 is 0 Å². The second-order valence-electron chi connectivity index (χ2n) is 2.93. The molecule has 2 atom stereocenters. The molecule has 0 N–H and O–H groups in total. The van der Waals surface area contributed by atoms with Crippen LogP contribution in [0, 0.1) is 11.8 Å². The van der Waals surface area contributed by atoms with Crippen LogP contribution in [0.5, 0.6) is 0 Å². The molecule has 0 bridgehead atoms. The molecule has 2 heteroatoms. The minimum atomic E-state index is 0.425. The highest BCUT2D eigenvalue weighted by Crippen LogP contribution is 2.25. The molecule has 1 heterocycles. The summed E-state index contributed by atoms with van der Waals surface area (Å²) in [5.74, 6) is 1.80. The van der Waals surface area contributed by atoms with Gasteiger partial charge in [-0.1, -0.05) is 12.2 Å². The van der Waals surface area contributed by atoms with E-state index in [0.29, 0.717) is 11.8 Å². The van der Waals surface area contributed by atoms with Crippen LogP contribution in [0.1, 0.15) is 0 Å². The maximum absolute atomic E-state index is 5.14. The van der Waals surface area contributed by atoms with Crippen molar-refractivity contribution in [1.82, 2.24) is 0 Å². The Kier molecular flexibility index (Phi) is 1.82. The lowest BCUT2D eigenvalue weighted by atomic mass is 9.88. The highest BCUT2D eigenvalue weighted by atomic mass is 16.5. The maximum atomic E-state index is 5.14. The van der Waals surface area contributed by atoms with Gasteiger partial charge in [0, 0.05) is 24.3 Å². The van der Waals surface area contributed by atoms with Gasteiger partial charge in [-0.05, 0) is 12.2 Å². The Labute approximate surface area is 72.0 Å². The van der Waals surface area contributed by atoms with Gasteiger partial charge in [0.05, 0.1) is 7.11 Å². The summed E-state index contributed by atoms with van der Waals surface area (Å²) in [4.78, 5) is 4.09. The molecule has 0 amide bonds. The molecule has 2 nitrogen and oxygen atoms in total. The zero-order valence-electron chi connectivity index (χ0n) is 6.97. The molecular formula is C10H11NO. The maximum Gasteiger partial charge on any atom is 0.115 e. The monoisotopic (exact) mass is 161 g/mol. The smallest absolute Gasteiger partial charge is 0.115 e. The zero-order valence-corrected chi connectivity index (χ0v) is 6.97. The summed E-state index contributed by atoms with van der Waals surface area (Å²) in [6.45, 7) is 0. The van der Waals surface area contributed by atoms with E-state index in [2.05, 4.69) is 23.2 Å². The number of allylic oxidation sites excluding steroid dienone is 4. The highest BCUT2D eigenvalue weighted by Gasteiger charge is 2.18. The first-order valence-electron chi connectivity index (χ1n) is 4.04. The third kappa shape index (κ3) is 1.20. The van der Waals surface area contributed by atoms with Gasteiger partial charge in [0.1, 0.15) is 5.76 Å². The van der Waals surface area contributed by atoms with E-state index in [1.165, 1.54) is 0 Å². The number of rotatable bonds is 1. The van der Waals surface area contributed by atoms with Gasteiger partial charge in [0.25, 0.3) is 0 Å². The van der Waals surface area contributed by atoms with E-state index in [-0.39, 0.29) is 0 Å². The second-order valence-corrected chi connectivity index (χ2v) is 2.93. The van der Waals surface area contributed by atoms with E-state index in [1.54, 1.807) is 7.11 Å². The van der Waals surface area contributed by atoms with Crippen LogP contribution in [0.2, 0.25) is 0 Å². The van der Waals surface area contributed by atoms with Crippen LogP contribution >= 0.6 is 0 Å². The third-order valence-electron chi connectivity index (χ3n) is 2.17. The Morgan fingerprint density at radius 1 is 1.33 bits per heavy atom. The van der Waals surface area contributed by atoms with Crippen molar-refractivity contribution in [1.29, 1.82) is 0 Å². The first-order chi connectivity index (χ1) is 5.90. The van der Waals surface area contributed by atoms with Crippen molar-refractivity contribution in [3.63, 3.8) is 0 Å². The number of hydrogen-bond donors (Lipinski definition) is 0. The van der Waals surface area contributed by atoms with Crippen LogP contribution in [-0.4, -0.2) is 13.3 Å². The number of hydrogen-bond acceptors (Lipinski definition) is 2. The predicted molar refractivity (Wildman–Crippen MR) is 48.8 cm³/mol. The fourth-order valence-electron chi connectivity index (χ4n) is 1.46. The van der Waals surface area contributed by atoms with E-state index in [4.69, 9.17) is 4.74 Å². The summed E-state index contributed by atoms with van der Waals surface area (Å²) >= 11 is 0. The number of methoxy groups -OCH3 is 1. The summed E-state index contributed by atoms with van der Waals surface area (Å²) in [5.41, 5.74) is 0. The molecule has 0 aromatic carbocycles. The molecule has 2 aliphatic rings. The van der Waals surface area contributed by atoms with E-state index in [0.717, 1.165) is 5.76 Å². The molecule has 0 aromatic rings. The van der Waals surface area contributed by atoms with Crippen molar-refractivity contribution >= 4 is 6.21 Å². The van der Waals surface area contributed by atoms with Gasteiger partial charge in [0.15, 0.2) is 0 Å². The van der Waals surface area contributed by atoms with Crippen LogP contribution in [0.4, 0.5) is 0 Å². The van der Waals surface area contributed by atoms with Crippen LogP contribution in [0.3, 0.4) is 0 Å². The molecule has 0 fully saturated rings. The van der Waals surface area contributed by atoms with Crippen molar-refractivity contribution in [2.45, 2.75) is 0 Å². The van der Waals surface area contributed by atoms with Crippen molar-refractivity contribution in [3.8, 4) is 0 Å². The molecule has 0 radical (unpaired) electrons.